The van der Waals surface area contributed by atoms with Crippen LogP contribution in [0.1, 0.15) is 28.6 Å². The van der Waals surface area contributed by atoms with Crippen LogP contribution in [0.15, 0.2) is 52.9 Å². The number of rotatable bonds is 5. The Labute approximate surface area is 133 Å². The Morgan fingerprint density at radius 1 is 1.09 bits per heavy atom. The van der Waals surface area contributed by atoms with Crippen molar-refractivity contribution in [2.45, 2.75) is 13.3 Å². The topological polar surface area (TPSA) is 56.5 Å². The van der Waals surface area contributed by atoms with E-state index in [4.69, 9.17) is 9.15 Å². The highest BCUT2D eigenvalue weighted by atomic mass is 16.5. The second-order valence-electron chi connectivity index (χ2n) is 5.34. The number of benzene rings is 2. The number of methoxy groups -OCH3 is 1. The Bertz CT molecular complexity index is 875. The van der Waals surface area contributed by atoms with Crippen LogP contribution in [0.25, 0.3) is 11.0 Å². The summed E-state index contributed by atoms with van der Waals surface area (Å²) in [6, 6.07) is 14.2. The van der Waals surface area contributed by atoms with E-state index in [9.17, 15) is 9.59 Å². The molecule has 3 aromatic rings. The SMILES string of the molecule is COc1ccc2oc(CC(C)=O)c(C(=O)c3ccccc3)c2c1. The van der Waals surface area contributed by atoms with Crippen LogP contribution in [-0.2, 0) is 11.2 Å². The summed E-state index contributed by atoms with van der Waals surface area (Å²) >= 11 is 0. The van der Waals surface area contributed by atoms with E-state index in [1.54, 1.807) is 49.6 Å². The maximum absolute atomic E-state index is 12.9. The molecule has 4 heteroatoms. The highest BCUT2D eigenvalue weighted by Gasteiger charge is 2.23. The van der Waals surface area contributed by atoms with Crippen molar-refractivity contribution >= 4 is 22.5 Å². The molecule has 3 rings (SSSR count). The molecule has 0 aliphatic carbocycles. The van der Waals surface area contributed by atoms with Crippen molar-refractivity contribution < 1.29 is 18.7 Å². The Morgan fingerprint density at radius 2 is 1.83 bits per heavy atom. The first-order valence-corrected chi connectivity index (χ1v) is 7.28. The van der Waals surface area contributed by atoms with Crippen molar-refractivity contribution in [3.05, 3.63) is 65.4 Å². The largest absolute Gasteiger partial charge is 0.497 e. The van der Waals surface area contributed by atoms with E-state index in [0.717, 1.165) is 0 Å². The number of ether oxygens (including phenoxy) is 1. The molecule has 1 heterocycles. The molecule has 2 aromatic carbocycles. The lowest BCUT2D eigenvalue weighted by Crippen LogP contribution is -2.06. The molecule has 0 N–H and O–H groups in total. The maximum Gasteiger partial charge on any atom is 0.197 e. The minimum absolute atomic E-state index is 0.0573. The van der Waals surface area contributed by atoms with Crippen LogP contribution in [-0.4, -0.2) is 18.7 Å². The zero-order valence-corrected chi connectivity index (χ0v) is 13.0. The minimum Gasteiger partial charge on any atom is -0.497 e. The van der Waals surface area contributed by atoms with Gasteiger partial charge in [-0.15, -0.1) is 0 Å². The van der Waals surface area contributed by atoms with Crippen LogP contribution in [0.2, 0.25) is 0 Å². The second kappa shape index (κ2) is 6.08. The van der Waals surface area contributed by atoms with E-state index in [2.05, 4.69) is 0 Å². The van der Waals surface area contributed by atoms with Gasteiger partial charge >= 0.3 is 0 Å². The number of carbonyl (C=O) groups is 2. The lowest BCUT2D eigenvalue weighted by Gasteiger charge is -2.03. The first-order chi connectivity index (χ1) is 11.1. The van der Waals surface area contributed by atoms with Gasteiger partial charge in [0.1, 0.15) is 22.9 Å². The van der Waals surface area contributed by atoms with Gasteiger partial charge in [-0.2, -0.15) is 0 Å². The summed E-state index contributed by atoms with van der Waals surface area (Å²) in [6.45, 7) is 1.48. The van der Waals surface area contributed by atoms with E-state index < -0.39 is 0 Å². The number of hydrogen-bond donors (Lipinski definition) is 0. The Morgan fingerprint density at radius 3 is 2.48 bits per heavy atom. The Balaban J connectivity index is 2.22. The smallest absolute Gasteiger partial charge is 0.197 e. The summed E-state index contributed by atoms with van der Waals surface area (Å²) in [4.78, 5) is 24.4. The van der Waals surface area contributed by atoms with Gasteiger partial charge in [0.15, 0.2) is 5.78 Å². The van der Waals surface area contributed by atoms with Crippen molar-refractivity contribution in [2.75, 3.05) is 7.11 Å². The quantitative estimate of drug-likeness (QED) is 0.673. The molecule has 0 aliphatic rings. The van der Waals surface area contributed by atoms with Gasteiger partial charge in [0, 0.05) is 10.9 Å². The molecule has 0 aliphatic heterocycles. The third kappa shape index (κ3) is 2.88. The van der Waals surface area contributed by atoms with Crippen LogP contribution in [0, 0.1) is 0 Å². The summed E-state index contributed by atoms with van der Waals surface area (Å²) in [6.07, 6.45) is 0.0882. The Hall–Kier alpha value is -2.88. The molecule has 0 radical (unpaired) electrons. The van der Waals surface area contributed by atoms with E-state index in [1.807, 2.05) is 6.07 Å². The lowest BCUT2D eigenvalue weighted by atomic mass is 9.98. The molecular formula is C19H16O4. The van der Waals surface area contributed by atoms with Crippen molar-refractivity contribution in [1.29, 1.82) is 0 Å². The van der Waals surface area contributed by atoms with Crippen molar-refractivity contribution in [3.63, 3.8) is 0 Å². The van der Waals surface area contributed by atoms with Gasteiger partial charge in [0.05, 0.1) is 19.1 Å². The summed E-state index contributed by atoms with van der Waals surface area (Å²) in [5.41, 5.74) is 1.56. The van der Waals surface area contributed by atoms with E-state index in [1.165, 1.54) is 6.92 Å². The molecule has 116 valence electrons. The predicted octanol–water partition coefficient (Wildman–Crippen LogP) is 3.80. The fourth-order valence-corrected chi connectivity index (χ4v) is 2.59. The zero-order chi connectivity index (χ0) is 16.4. The standard InChI is InChI=1S/C19H16O4/c1-12(20)10-17-18(19(21)13-6-4-3-5-7-13)15-11-14(22-2)8-9-16(15)23-17/h3-9,11H,10H2,1-2H3. The van der Waals surface area contributed by atoms with Gasteiger partial charge in [0.25, 0.3) is 0 Å². The zero-order valence-electron chi connectivity index (χ0n) is 13.0. The summed E-state index contributed by atoms with van der Waals surface area (Å²) in [5.74, 6) is 0.816. The molecule has 0 saturated heterocycles. The second-order valence-corrected chi connectivity index (χ2v) is 5.34. The monoisotopic (exact) mass is 308 g/mol. The molecule has 1 aromatic heterocycles. The van der Waals surface area contributed by atoms with Gasteiger partial charge in [-0.05, 0) is 25.1 Å². The van der Waals surface area contributed by atoms with Crippen LogP contribution >= 0.6 is 0 Å². The van der Waals surface area contributed by atoms with Crippen molar-refractivity contribution in [3.8, 4) is 5.75 Å². The normalized spacial score (nSPS) is 10.7. The molecule has 0 spiro atoms. The van der Waals surface area contributed by atoms with Gasteiger partial charge in [-0.3, -0.25) is 9.59 Å². The van der Waals surface area contributed by atoms with Crippen LogP contribution in [0.4, 0.5) is 0 Å². The number of fused-ring (bicyclic) bond motifs is 1. The average molecular weight is 308 g/mol. The van der Waals surface area contributed by atoms with Crippen molar-refractivity contribution in [1.82, 2.24) is 0 Å². The lowest BCUT2D eigenvalue weighted by molar-refractivity contribution is -0.116. The van der Waals surface area contributed by atoms with Gasteiger partial charge in [0.2, 0.25) is 0 Å². The molecular weight excluding hydrogens is 292 g/mol. The number of carbonyl (C=O) groups excluding carboxylic acids is 2. The molecule has 0 bridgehead atoms. The Kier molecular flexibility index (Phi) is 3.98. The molecule has 23 heavy (non-hydrogen) atoms. The molecule has 0 amide bonds. The molecule has 4 nitrogen and oxygen atoms in total. The summed E-state index contributed by atoms with van der Waals surface area (Å²) in [5, 5.41) is 0.662. The summed E-state index contributed by atoms with van der Waals surface area (Å²) < 4.78 is 11.0. The number of furan rings is 1. The van der Waals surface area contributed by atoms with Gasteiger partial charge < -0.3 is 9.15 Å². The number of Topliss-reactive ketones (excluding diaryl/α,β-unsaturated/α-hetero) is 1. The molecule has 0 fully saturated rings. The molecule has 0 unspecified atom stereocenters. The average Bonchev–Trinajstić information content (AvgIpc) is 2.90. The minimum atomic E-state index is -0.158. The highest BCUT2D eigenvalue weighted by Crippen LogP contribution is 2.31. The number of hydrogen-bond acceptors (Lipinski definition) is 4. The molecule has 0 atom stereocenters. The third-order valence-corrected chi connectivity index (χ3v) is 3.64. The molecule has 0 saturated carbocycles. The first kappa shape index (κ1) is 15.0. The first-order valence-electron chi connectivity index (χ1n) is 7.28. The van der Waals surface area contributed by atoms with E-state index >= 15 is 0 Å². The maximum atomic E-state index is 12.9. The highest BCUT2D eigenvalue weighted by molar-refractivity contribution is 6.17. The number of ketones is 2. The van der Waals surface area contributed by atoms with E-state index in [-0.39, 0.29) is 18.0 Å². The fraction of sp³-hybridized carbons (Fsp3) is 0.158. The summed E-state index contributed by atoms with van der Waals surface area (Å²) in [7, 11) is 1.57. The van der Waals surface area contributed by atoms with E-state index in [0.29, 0.717) is 33.6 Å². The fourth-order valence-electron chi connectivity index (χ4n) is 2.59. The van der Waals surface area contributed by atoms with Crippen molar-refractivity contribution in [2.24, 2.45) is 0 Å². The van der Waals surface area contributed by atoms with Crippen LogP contribution < -0.4 is 4.74 Å². The third-order valence-electron chi connectivity index (χ3n) is 3.64. The predicted molar refractivity (Wildman–Crippen MR) is 87.0 cm³/mol. The van der Waals surface area contributed by atoms with Gasteiger partial charge in [-0.1, -0.05) is 30.3 Å². The van der Waals surface area contributed by atoms with Crippen LogP contribution in [0.3, 0.4) is 0 Å². The van der Waals surface area contributed by atoms with Crippen LogP contribution in [0.5, 0.6) is 5.75 Å². The van der Waals surface area contributed by atoms with Gasteiger partial charge in [-0.25, -0.2) is 0 Å².